The molecule has 0 aromatic rings. The Labute approximate surface area is 197 Å². The number of ether oxygens (including phenoxy) is 5. The van der Waals surface area contributed by atoms with E-state index >= 15 is 0 Å². The van der Waals surface area contributed by atoms with Crippen LogP contribution in [0, 0.1) is 5.92 Å². The van der Waals surface area contributed by atoms with Gasteiger partial charge in [0.05, 0.1) is 32.5 Å². The molecule has 0 unspecified atom stereocenters. The minimum absolute atomic E-state index is 0.0207. The fraction of sp³-hybridized carbons (Fsp3) is 0.800. The summed E-state index contributed by atoms with van der Waals surface area (Å²) in [6.45, 7) is 6.44. The van der Waals surface area contributed by atoms with Crippen LogP contribution in [0.25, 0.3) is 0 Å². The van der Waals surface area contributed by atoms with Crippen LogP contribution in [-0.2, 0) is 38.1 Å². The molecule has 0 aromatic heterocycles. The number of unbranched alkanes of at least 4 members (excludes halogenated alkanes) is 5. The molecule has 0 N–H and O–H groups in total. The van der Waals surface area contributed by atoms with Crippen LogP contribution in [0.5, 0.6) is 0 Å². The molecule has 8 heteroatoms. The molecule has 0 saturated carbocycles. The van der Waals surface area contributed by atoms with Crippen molar-refractivity contribution < 1.29 is 38.1 Å². The maximum atomic E-state index is 12.2. The van der Waals surface area contributed by atoms with Gasteiger partial charge in [0.1, 0.15) is 12.4 Å². The summed E-state index contributed by atoms with van der Waals surface area (Å²) in [5, 5.41) is 0. The normalized spacial score (nSPS) is 26.5. The quantitative estimate of drug-likeness (QED) is 0.164. The topological polar surface area (TPSA) is 97.4 Å². The number of hydrogen-bond acceptors (Lipinski definition) is 8. The van der Waals surface area contributed by atoms with Crippen LogP contribution in [0.3, 0.4) is 0 Å². The van der Waals surface area contributed by atoms with Gasteiger partial charge in [-0.15, -0.1) is 0 Å². The largest absolute Gasteiger partial charge is 0.469 e. The number of carbonyl (C=O) groups excluding carboxylic acids is 3. The van der Waals surface area contributed by atoms with Crippen molar-refractivity contribution in [2.45, 2.75) is 103 Å². The molecule has 2 aliphatic rings. The van der Waals surface area contributed by atoms with Gasteiger partial charge in [-0.2, -0.15) is 0 Å². The van der Waals surface area contributed by atoms with E-state index in [1.807, 2.05) is 20.8 Å². The van der Waals surface area contributed by atoms with E-state index in [0.717, 1.165) is 50.4 Å². The third-order valence-corrected chi connectivity index (χ3v) is 6.05. The van der Waals surface area contributed by atoms with Crippen molar-refractivity contribution in [1.29, 1.82) is 0 Å². The van der Waals surface area contributed by atoms with Crippen molar-refractivity contribution in [3.05, 3.63) is 11.6 Å². The number of rotatable bonds is 14. The van der Waals surface area contributed by atoms with Crippen LogP contribution in [0.15, 0.2) is 11.6 Å². The second kappa shape index (κ2) is 13.8. The van der Waals surface area contributed by atoms with Crippen LogP contribution >= 0.6 is 0 Å². The zero-order valence-corrected chi connectivity index (χ0v) is 20.5. The first-order valence-electron chi connectivity index (χ1n) is 12.1. The molecule has 33 heavy (non-hydrogen) atoms. The fourth-order valence-corrected chi connectivity index (χ4v) is 4.38. The smallest absolute Gasteiger partial charge is 0.330 e. The van der Waals surface area contributed by atoms with Gasteiger partial charge < -0.3 is 28.5 Å². The van der Waals surface area contributed by atoms with Gasteiger partial charge in [0, 0.05) is 24.8 Å². The molecule has 2 saturated heterocycles. The number of carbonyl (C=O) groups is 3. The van der Waals surface area contributed by atoms with Gasteiger partial charge in [-0.25, -0.2) is 4.79 Å². The Bertz CT molecular complexity index is 671. The average Bonchev–Trinajstić information content (AvgIpc) is 3.09. The highest BCUT2D eigenvalue weighted by Gasteiger charge is 2.51. The molecule has 0 spiro atoms. The van der Waals surface area contributed by atoms with E-state index in [4.69, 9.17) is 18.9 Å². The summed E-state index contributed by atoms with van der Waals surface area (Å²) in [4.78, 5) is 34.2. The van der Waals surface area contributed by atoms with Crippen molar-refractivity contribution in [3.63, 3.8) is 0 Å². The number of esters is 2. The van der Waals surface area contributed by atoms with Crippen LogP contribution in [0.2, 0.25) is 0 Å². The molecule has 4 atom stereocenters. The van der Waals surface area contributed by atoms with Crippen molar-refractivity contribution >= 4 is 18.2 Å². The maximum Gasteiger partial charge on any atom is 0.330 e. The highest BCUT2D eigenvalue weighted by molar-refractivity contribution is 5.82. The third-order valence-electron chi connectivity index (χ3n) is 6.05. The molecule has 2 aliphatic heterocycles. The number of fused-ring (bicyclic) bond motifs is 1. The zero-order valence-electron chi connectivity index (χ0n) is 20.5. The molecule has 0 aromatic carbocycles. The predicted molar refractivity (Wildman–Crippen MR) is 121 cm³/mol. The molecule has 188 valence electrons. The molecule has 0 bridgehead atoms. The molecule has 2 fully saturated rings. The van der Waals surface area contributed by atoms with E-state index in [-0.39, 0.29) is 36.2 Å². The molecule has 2 rings (SSSR count). The van der Waals surface area contributed by atoms with Gasteiger partial charge in [0.15, 0.2) is 5.79 Å². The Morgan fingerprint density at radius 2 is 1.70 bits per heavy atom. The predicted octanol–water partition coefficient (Wildman–Crippen LogP) is 3.89. The summed E-state index contributed by atoms with van der Waals surface area (Å²) in [7, 11) is 1.41. The van der Waals surface area contributed by atoms with E-state index in [1.54, 1.807) is 0 Å². The minimum atomic E-state index is -0.722. The van der Waals surface area contributed by atoms with Gasteiger partial charge in [-0.05, 0) is 40.0 Å². The van der Waals surface area contributed by atoms with Gasteiger partial charge in [-0.1, -0.05) is 31.3 Å². The highest BCUT2D eigenvalue weighted by Crippen LogP contribution is 2.40. The summed E-state index contributed by atoms with van der Waals surface area (Å²) in [6.07, 6.45) is 8.89. The zero-order chi connectivity index (χ0) is 24.3. The Morgan fingerprint density at radius 1 is 1.03 bits per heavy atom. The Hall–Kier alpha value is -1.77. The Balaban J connectivity index is 1.66. The summed E-state index contributed by atoms with van der Waals surface area (Å²) in [5.74, 6) is -1.25. The molecular weight excluding hydrogens is 428 g/mol. The fourth-order valence-electron chi connectivity index (χ4n) is 4.38. The molecular formula is C25H40O8. The van der Waals surface area contributed by atoms with Crippen molar-refractivity contribution in [1.82, 2.24) is 0 Å². The lowest BCUT2D eigenvalue weighted by molar-refractivity contribution is -0.153. The standard InChI is InChI=1S/C25H40O8/c1-18(16-22(28)30-14-10-8-6-5-7-9-11-21(27)29-4)15-20-24-23(32-25(2,3)33-24)19(12-13-26)17-31-20/h13,16,19-20,23-24H,5-12,14-15,17H2,1-4H3/b18-16+/t19-,20-,23+,24-/m0/s1. The Morgan fingerprint density at radius 3 is 2.39 bits per heavy atom. The first-order valence-corrected chi connectivity index (χ1v) is 12.1. The Kier molecular flexibility index (Phi) is 11.5. The van der Waals surface area contributed by atoms with E-state index in [1.165, 1.54) is 13.2 Å². The molecule has 0 aliphatic carbocycles. The van der Waals surface area contributed by atoms with Gasteiger partial charge in [0.2, 0.25) is 0 Å². The first-order chi connectivity index (χ1) is 15.8. The van der Waals surface area contributed by atoms with Crippen molar-refractivity contribution in [2.24, 2.45) is 5.92 Å². The molecule has 0 amide bonds. The molecule has 2 heterocycles. The van der Waals surface area contributed by atoms with E-state index < -0.39 is 5.79 Å². The first kappa shape index (κ1) is 27.5. The SMILES string of the molecule is COC(=O)CCCCCCCCOC(=O)/C=C(\C)C[C@@H]1OC[C@H](CC=O)[C@H]2OC(C)(C)O[C@H]21. The maximum absolute atomic E-state index is 12.2. The van der Waals surface area contributed by atoms with Crippen LogP contribution in [0.1, 0.15) is 78.6 Å². The average molecular weight is 469 g/mol. The lowest BCUT2D eigenvalue weighted by atomic mass is 9.88. The number of methoxy groups -OCH3 is 1. The number of hydrogen-bond donors (Lipinski definition) is 0. The number of aldehydes is 1. The van der Waals surface area contributed by atoms with Crippen LogP contribution < -0.4 is 0 Å². The molecule has 0 radical (unpaired) electrons. The van der Waals surface area contributed by atoms with Crippen LogP contribution in [0.4, 0.5) is 0 Å². The van der Waals surface area contributed by atoms with Gasteiger partial charge in [0.25, 0.3) is 0 Å². The highest BCUT2D eigenvalue weighted by atomic mass is 16.8. The monoisotopic (exact) mass is 468 g/mol. The lowest BCUT2D eigenvalue weighted by Gasteiger charge is -2.36. The van der Waals surface area contributed by atoms with Crippen molar-refractivity contribution in [3.8, 4) is 0 Å². The summed E-state index contributed by atoms with van der Waals surface area (Å²) in [5.41, 5.74) is 0.858. The second-order valence-corrected chi connectivity index (χ2v) is 9.41. The van der Waals surface area contributed by atoms with Crippen LogP contribution in [-0.4, -0.2) is 62.6 Å². The van der Waals surface area contributed by atoms with Gasteiger partial charge in [-0.3, -0.25) is 4.79 Å². The second-order valence-electron chi connectivity index (χ2n) is 9.41. The summed E-state index contributed by atoms with van der Waals surface area (Å²) in [6, 6.07) is 0. The van der Waals surface area contributed by atoms with Gasteiger partial charge >= 0.3 is 11.9 Å². The van der Waals surface area contributed by atoms with E-state index in [9.17, 15) is 14.4 Å². The lowest BCUT2D eigenvalue weighted by Crippen LogP contribution is -2.48. The van der Waals surface area contributed by atoms with E-state index in [0.29, 0.717) is 32.5 Å². The summed E-state index contributed by atoms with van der Waals surface area (Å²) < 4.78 is 28.0. The minimum Gasteiger partial charge on any atom is -0.469 e. The third kappa shape index (κ3) is 9.55. The van der Waals surface area contributed by atoms with Crippen molar-refractivity contribution in [2.75, 3.05) is 20.3 Å². The summed E-state index contributed by atoms with van der Waals surface area (Å²) >= 11 is 0. The van der Waals surface area contributed by atoms with E-state index in [2.05, 4.69) is 4.74 Å². The molecule has 8 nitrogen and oxygen atoms in total.